The standard InChI is InChI=1S/C17H25ClN4OSi/c1-16(2,3)24(5,6)23-12-7-8-17(4,9-12)22-11-21-13-14(18)19-10-20-15(13)22/h7-8,10-12H,9H2,1-6H3/t12-,17-/m0/s1. The third kappa shape index (κ3) is 2.91. The monoisotopic (exact) mass is 364 g/mol. The van der Waals surface area contributed by atoms with Gasteiger partial charge in [-0.05, 0) is 25.1 Å². The zero-order valence-corrected chi connectivity index (χ0v) is 16.9. The smallest absolute Gasteiger partial charge is 0.192 e. The van der Waals surface area contributed by atoms with E-state index in [0.717, 1.165) is 12.1 Å². The average Bonchev–Trinajstić information content (AvgIpc) is 3.03. The predicted molar refractivity (Wildman–Crippen MR) is 99.8 cm³/mol. The molecule has 0 aliphatic heterocycles. The van der Waals surface area contributed by atoms with Crippen molar-refractivity contribution in [3.8, 4) is 0 Å². The first kappa shape index (κ1) is 17.6. The van der Waals surface area contributed by atoms with Crippen LogP contribution in [0.4, 0.5) is 0 Å². The summed E-state index contributed by atoms with van der Waals surface area (Å²) in [6, 6.07) is 0. The second kappa shape index (κ2) is 5.64. The number of aromatic nitrogens is 4. The summed E-state index contributed by atoms with van der Waals surface area (Å²) in [5, 5.41) is 0.584. The van der Waals surface area contributed by atoms with Gasteiger partial charge in [-0.3, -0.25) is 0 Å². The van der Waals surface area contributed by atoms with Crippen molar-refractivity contribution in [2.24, 2.45) is 0 Å². The minimum atomic E-state index is -1.80. The lowest BCUT2D eigenvalue weighted by Crippen LogP contribution is -2.44. The zero-order chi connectivity index (χ0) is 17.8. The quantitative estimate of drug-likeness (QED) is 0.455. The third-order valence-corrected chi connectivity index (χ3v) is 10.2. The summed E-state index contributed by atoms with van der Waals surface area (Å²) in [5.74, 6) is 0. The number of hydrogen-bond acceptors (Lipinski definition) is 4. The Morgan fingerprint density at radius 3 is 2.67 bits per heavy atom. The molecule has 0 aromatic carbocycles. The van der Waals surface area contributed by atoms with Gasteiger partial charge in [-0.1, -0.05) is 44.5 Å². The average molecular weight is 365 g/mol. The summed E-state index contributed by atoms with van der Waals surface area (Å²) in [6.07, 6.45) is 8.63. The first-order valence-corrected chi connectivity index (χ1v) is 11.5. The molecule has 0 amide bonds. The third-order valence-electron chi connectivity index (χ3n) is 5.38. The van der Waals surface area contributed by atoms with Gasteiger partial charge in [-0.2, -0.15) is 0 Å². The van der Waals surface area contributed by atoms with Crippen molar-refractivity contribution in [3.63, 3.8) is 0 Å². The number of hydrogen-bond donors (Lipinski definition) is 0. The van der Waals surface area contributed by atoms with Gasteiger partial charge in [0, 0.05) is 6.42 Å². The number of fused-ring (bicyclic) bond motifs is 1. The first-order chi connectivity index (χ1) is 11.0. The Hall–Kier alpha value is -1.24. The molecule has 5 nitrogen and oxygen atoms in total. The van der Waals surface area contributed by atoms with E-state index < -0.39 is 8.32 Å². The molecule has 0 N–H and O–H groups in total. The Bertz CT molecular complexity index is 795. The molecule has 24 heavy (non-hydrogen) atoms. The Morgan fingerprint density at radius 1 is 1.29 bits per heavy atom. The maximum atomic E-state index is 6.55. The molecular formula is C17H25ClN4OSi. The highest BCUT2D eigenvalue weighted by Crippen LogP contribution is 2.41. The summed E-state index contributed by atoms with van der Waals surface area (Å²) < 4.78 is 8.62. The Morgan fingerprint density at radius 2 is 2.00 bits per heavy atom. The van der Waals surface area contributed by atoms with Gasteiger partial charge in [-0.25, -0.2) is 15.0 Å². The topological polar surface area (TPSA) is 52.8 Å². The van der Waals surface area contributed by atoms with Gasteiger partial charge in [-0.15, -0.1) is 0 Å². The van der Waals surface area contributed by atoms with E-state index in [9.17, 15) is 0 Å². The van der Waals surface area contributed by atoms with E-state index in [1.165, 1.54) is 6.33 Å². The SMILES string of the molecule is CC(C)(C)[Si](C)(C)O[C@H]1C=C[C@](C)(n2cnc3c(Cl)ncnc32)C1. The van der Waals surface area contributed by atoms with E-state index in [1.807, 2.05) is 0 Å². The van der Waals surface area contributed by atoms with Gasteiger partial charge in [0.15, 0.2) is 19.1 Å². The van der Waals surface area contributed by atoms with Gasteiger partial charge in [0.25, 0.3) is 0 Å². The van der Waals surface area contributed by atoms with E-state index in [4.69, 9.17) is 16.0 Å². The fourth-order valence-corrected chi connectivity index (χ4v) is 4.30. The van der Waals surface area contributed by atoms with Crippen molar-refractivity contribution < 1.29 is 4.43 Å². The van der Waals surface area contributed by atoms with Crippen LogP contribution in [0.1, 0.15) is 34.1 Å². The highest BCUT2D eigenvalue weighted by Gasteiger charge is 2.42. The van der Waals surface area contributed by atoms with Crippen LogP contribution >= 0.6 is 11.6 Å². The predicted octanol–water partition coefficient (Wildman–Crippen LogP) is 4.55. The minimum absolute atomic E-state index is 0.116. The van der Waals surface area contributed by atoms with Crippen molar-refractivity contribution >= 4 is 31.1 Å². The summed E-state index contributed by atoms with van der Waals surface area (Å²) in [5.41, 5.74) is 1.18. The van der Waals surface area contributed by atoms with E-state index in [1.54, 1.807) is 6.33 Å². The first-order valence-electron chi connectivity index (χ1n) is 8.25. The second-order valence-corrected chi connectivity index (χ2v) is 13.4. The minimum Gasteiger partial charge on any atom is -0.410 e. The Labute approximate surface area is 149 Å². The van der Waals surface area contributed by atoms with Crippen molar-refractivity contribution in [2.75, 3.05) is 0 Å². The molecule has 0 spiro atoms. The van der Waals surface area contributed by atoms with Crippen LogP contribution in [0, 0.1) is 0 Å². The van der Waals surface area contributed by atoms with Crippen LogP contribution < -0.4 is 0 Å². The van der Waals surface area contributed by atoms with Gasteiger partial charge in [0.1, 0.15) is 11.8 Å². The molecule has 2 aromatic rings. The lowest BCUT2D eigenvalue weighted by molar-refractivity contribution is 0.192. The molecule has 0 fully saturated rings. The molecule has 130 valence electrons. The lowest BCUT2D eigenvalue weighted by atomic mass is 10.0. The molecule has 0 radical (unpaired) electrons. The van der Waals surface area contributed by atoms with Crippen LogP contribution in [-0.2, 0) is 9.96 Å². The summed E-state index contributed by atoms with van der Waals surface area (Å²) >= 11 is 6.12. The molecule has 2 aromatic heterocycles. The molecule has 0 saturated heterocycles. The van der Waals surface area contributed by atoms with Crippen LogP contribution in [0.3, 0.4) is 0 Å². The number of rotatable bonds is 3. The molecule has 0 saturated carbocycles. The van der Waals surface area contributed by atoms with Crippen molar-refractivity contribution in [2.45, 2.75) is 63.9 Å². The number of nitrogens with zero attached hydrogens (tertiary/aromatic N) is 4. The van der Waals surface area contributed by atoms with Crippen molar-refractivity contribution in [3.05, 3.63) is 30.0 Å². The summed E-state index contributed by atoms with van der Waals surface area (Å²) in [6.45, 7) is 13.5. The van der Waals surface area contributed by atoms with Crippen molar-refractivity contribution in [1.29, 1.82) is 0 Å². The van der Waals surface area contributed by atoms with Crippen LogP contribution in [0.2, 0.25) is 23.3 Å². The van der Waals surface area contributed by atoms with Gasteiger partial charge < -0.3 is 8.99 Å². The van der Waals surface area contributed by atoms with Gasteiger partial charge >= 0.3 is 0 Å². The number of imidazole rings is 1. The van der Waals surface area contributed by atoms with E-state index >= 15 is 0 Å². The highest BCUT2D eigenvalue weighted by atomic mass is 35.5. The lowest BCUT2D eigenvalue weighted by Gasteiger charge is -2.38. The Balaban J connectivity index is 1.86. The van der Waals surface area contributed by atoms with E-state index in [0.29, 0.717) is 10.7 Å². The van der Waals surface area contributed by atoms with E-state index in [2.05, 4.69) is 72.5 Å². The van der Waals surface area contributed by atoms with Crippen LogP contribution in [-0.4, -0.2) is 33.9 Å². The van der Waals surface area contributed by atoms with E-state index in [-0.39, 0.29) is 16.7 Å². The second-order valence-electron chi connectivity index (χ2n) is 8.29. The van der Waals surface area contributed by atoms with Gasteiger partial charge in [0.05, 0.1) is 18.0 Å². The van der Waals surface area contributed by atoms with Crippen molar-refractivity contribution in [1.82, 2.24) is 19.5 Å². The highest BCUT2D eigenvalue weighted by molar-refractivity contribution is 6.74. The summed E-state index contributed by atoms with van der Waals surface area (Å²) in [7, 11) is -1.80. The molecule has 7 heteroatoms. The Kier molecular flexibility index (Phi) is 4.13. The fourth-order valence-electron chi connectivity index (χ4n) is 2.85. The number of allylic oxidation sites excluding steroid dienone is 1. The molecule has 0 unspecified atom stereocenters. The maximum Gasteiger partial charge on any atom is 0.192 e. The van der Waals surface area contributed by atoms with Gasteiger partial charge in [0.2, 0.25) is 0 Å². The molecular weight excluding hydrogens is 340 g/mol. The molecule has 3 rings (SSSR count). The molecule has 1 aliphatic rings. The fraction of sp³-hybridized carbons (Fsp3) is 0.588. The summed E-state index contributed by atoms with van der Waals surface area (Å²) in [4.78, 5) is 12.8. The molecule has 2 heterocycles. The molecule has 1 aliphatic carbocycles. The molecule has 2 atom stereocenters. The van der Waals surface area contributed by atoms with Crippen LogP contribution in [0.15, 0.2) is 24.8 Å². The molecule has 0 bridgehead atoms. The zero-order valence-electron chi connectivity index (χ0n) is 15.2. The largest absolute Gasteiger partial charge is 0.410 e. The maximum absolute atomic E-state index is 6.55. The van der Waals surface area contributed by atoms with Crippen LogP contribution in [0.25, 0.3) is 11.2 Å². The normalized spacial score (nSPS) is 24.9. The van der Waals surface area contributed by atoms with Crippen LogP contribution in [0.5, 0.6) is 0 Å². The number of halogens is 1.